The molecule has 0 aliphatic rings. The third kappa shape index (κ3) is 7.97. The molecule has 2 heterocycles. The summed E-state index contributed by atoms with van der Waals surface area (Å²) >= 11 is 12.2. The summed E-state index contributed by atoms with van der Waals surface area (Å²) in [4.78, 5) is 44.7. The number of nitrogens with one attached hydrogen (secondary N) is 3. The summed E-state index contributed by atoms with van der Waals surface area (Å²) in [5, 5.41) is 36.3. The predicted molar refractivity (Wildman–Crippen MR) is 133 cm³/mol. The molecule has 196 valence electrons. The van der Waals surface area contributed by atoms with E-state index in [1.165, 1.54) is 18.5 Å². The minimum atomic E-state index is -1.30. The number of benzene rings is 1. The van der Waals surface area contributed by atoms with E-state index in [9.17, 15) is 24.6 Å². The maximum Gasteiger partial charge on any atom is 0.339 e. The molecule has 1 aromatic carbocycles. The van der Waals surface area contributed by atoms with Crippen molar-refractivity contribution >= 4 is 46.7 Å². The van der Waals surface area contributed by atoms with E-state index in [4.69, 9.17) is 32.7 Å². The lowest BCUT2D eigenvalue weighted by Crippen LogP contribution is -2.45. The third-order valence-electron chi connectivity index (χ3n) is 5.01. The summed E-state index contributed by atoms with van der Waals surface area (Å²) in [5.41, 5.74) is 0.271. The molecular formula is C23H23Cl2N5O7. The number of carboxylic acid groups (broad SMARTS) is 1. The predicted octanol–water partition coefficient (Wildman–Crippen LogP) is 1.70. The number of pyridine rings is 1. The fourth-order valence-electron chi connectivity index (χ4n) is 3.12. The molecule has 0 fully saturated rings. The summed E-state index contributed by atoms with van der Waals surface area (Å²) in [7, 11) is 0. The molecule has 3 rings (SSSR count). The lowest BCUT2D eigenvalue weighted by molar-refractivity contribution is -0.126. The number of hydrogen-bond acceptors (Lipinski definition) is 9. The topological polar surface area (TPSA) is 187 Å². The Labute approximate surface area is 220 Å². The molecule has 0 radical (unpaired) electrons. The quantitative estimate of drug-likeness (QED) is 0.193. The average Bonchev–Trinajstić information content (AvgIpc) is 3.35. The second-order valence-electron chi connectivity index (χ2n) is 7.74. The number of carbonyl (C=O) groups is 3. The van der Waals surface area contributed by atoms with Crippen molar-refractivity contribution in [2.75, 3.05) is 18.5 Å². The Morgan fingerprint density at radius 2 is 1.92 bits per heavy atom. The Bertz CT molecular complexity index is 1270. The molecule has 14 heteroatoms. The van der Waals surface area contributed by atoms with Crippen LogP contribution in [-0.2, 0) is 16.1 Å². The highest BCUT2D eigenvalue weighted by Gasteiger charge is 2.24. The molecule has 2 aromatic heterocycles. The van der Waals surface area contributed by atoms with Gasteiger partial charge in [0, 0.05) is 29.5 Å². The van der Waals surface area contributed by atoms with Crippen LogP contribution < -0.4 is 16.0 Å². The number of carboxylic acids is 1. The van der Waals surface area contributed by atoms with E-state index in [1.54, 1.807) is 18.2 Å². The van der Waals surface area contributed by atoms with Crippen molar-refractivity contribution < 1.29 is 34.1 Å². The van der Waals surface area contributed by atoms with Gasteiger partial charge in [-0.15, -0.1) is 0 Å². The number of rotatable bonds is 12. The van der Waals surface area contributed by atoms with Crippen LogP contribution in [-0.4, -0.2) is 68.4 Å². The van der Waals surface area contributed by atoms with Gasteiger partial charge in [0.1, 0.15) is 5.56 Å². The normalized spacial score (nSPS) is 12.5. The third-order valence-corrected chi connectivity index (χ3v) is 5.57. The van der Waals surface area contributed by atoms with E-state index < -0.39 is 36.5 Å². The van der Waals surface area contributed by atoms with Crippen molar-refractivity contribution in [2.45, 2.75) is 25.1 Å². The van der Waals surface area contributed by atoms with Gasteiger partial charge in [0.15, 0.2) is 5.76 Å². The Kier molecular flexibility index (Phi) is 9.94. The van der Waals surface area contributed by atoms with Gasteiger partial charge in [-0.1, -0.05) is 23.2 Å². The SMILES string of the molecule is O=C(CC(NCc1ncc(-c2cc(Cl)ccc2Cl)o1)C(=O)Nc1ccncc1C(=O)O)NCC(O)CO. The van der Waals surface area contributed by atoms with Crippen LogP contribution in [0.15, 0.2) is 47.3 Å². The summed E-state index contributed by atoms with van der Waals surface area (Å²) < 4.78 is 5.71. The molecule has 0 saturated heterocycles. The van der Waals surface area contributed by atoms with Gasteiger partial charge in [-0.25, -0.2) is 9.78 Å². The van der Waals surface area contributed by atoms with Crippen LogP contribution in [0.5, 0.6) is 0 Å². The van der Waals surface area contributed by atoms with Gasteiger partial charge in [-0.05, 0) is 24.3 Å². The molecule has 12 nitrogen and oxygen atoms in total. The van der Waals surface area contributed by atoms with Gasteiger partial charge in [0.2, 0.25) is 17.7 Å². The summed E-state index contributed by atoms with van der Waals surface area (Å²) in [6.07, 6.45) is 2.28. The van der Waals surface area contributed by atoms with E-state index in [2.05, 4.69) is 25.9 Å². The van der Waals surface area contributed by atoms with Crippen molar-refractivity contribution in [1.29, 1.82) is 0 Å². The smallest absolute Gasteiger partial charge is 0.339 e. The fourth-order valence-corrected chi connectivity index (χ4v) is 3.50. The van der Waals surface area contributed by atoms with Crippen LogP contribution in [0.1, 0.15) is 22.7 Å². The van der Waals surface area contributed by atoms with Gasteiger partial charge < -0.3 is 30.4 Å². The fraction of sp³-hybridized carbons (Fsp3) is 0.261. The molecule has 0 aliphatic carbocycles. The zero-order valence-electron chi connectivity index (χ0n) is 19.1. The van der Waals surface area contributed by atoms with Crippen LogP contribution >= 0.6 is 23.2 Å². The van der Waals surface area contributed by atoms with E-state index in [1.807, 2.05) is 0 Å². The summed E-state index contributed by atoms with van der Waals surface area (Å²) in [6.45, 7) is -0.850. The molecule has 3 aromatic rings. The first kappa shape index (κ1) is 28.0. The molecule has 0 spiro atoms. The number of nitrogens with zero attached hydrogens (tertiary/aromatic N) is 2. The lowest BCUT2D eigenvalue weighted by atomic mass is 10.1. The second-order valence-corrected chi connectivity index (χ2v) is 8.58. The number of hydrogen-bond donors (Lipinski definition) is 6. The van der Waals surface area contributed by atoms with Gasteiger partial charge in [0.05, 0.1) is 48.6 Å². The van der Waals surface area contributed by atoms with Crippen LogP contribution in [0.2, 0.25) is 10.0 Å². The number of aliphatic hydroxyl groups excluding tert-OH is 2. The zero-order valence-corrected chi connectivity index (χ0v) is 20.7. The molecule has 2 amide bonds. The molecular weight excluding hydrogens is 529 g/mol. The van der Waals surface area contributed by atoms with E-state index in [0.29, 0.717) is 21.4 Å². The number of aliphatic hydroxyl groups is 2. The van der Waals surface area contributed by atoms with Crippen LogP contribution in [0.3, 0.4) is 0 Å². The Hall–Kier alpha value is -3.55. The van der Waals surface area contributed by atoms with Crippen molar-refractivity contribution in [3.05, 3.63) is 64.4 Å². The van der Waals surface area contributed by atoms with Crippen molar-refractivity contribution in [2.24, 2.45) is 0 Å². The van der Waals surface area contributed by atoms with Crippen LogP contribution in [0.4, 0.5) is 5.69 Å². The lowest BCUT2D eigenvalue weighted by Gasteiger charge is -2.18. The number of carbonyl (C=O) groups excluding carboxylic acids is 2. The average molecular weight is 552 g/mol. The first-order valence-electron chi connectivity index (χ1n) is 10.8. The summed E-state index contributed by atoms with van der Waals surface area (Å²) in [5.74, 6) is -2.10. The first-order valence-corrected chi connectivity index (χ1v) is 11.6. The van der Waals surface area contributed by atoms with Gasteiger partial charge in [-0.2, -0.15) is 0 Å². The largest absolute Gasteiger partial charge is 0.478 e. The Balaban J connectivity index is 1.74. The molecule has 37 heavy (non-hydrogen) atoms. The number of amides is 2. The number of halogens is 2. The maximum atomic E-state index is 13.0. The zero-order chi connectivity index (χ0) is 26.9. The van der Waals surface area contributed by atoms with Gasteiger partial charge in [0.25, 0.3) is 0 Å². The van der Waals surface area contributed by atoms with Crippen molar-refractivity contribution in [3.8, 4) is 11.3 Å². The Morgan fingerprint density at radius 3 is 2.65 bits per heavy atom. The Morgan fingerprint density at radius 1 is 1.14 bits per heavy atom. The highest BCUT2D eigenvalue weighted by Crippen LogP contribution is 2.31. The second kappa shape index (κ2) is 13.1. The monoisotopic (exact) mass is 551 g/mol. The number of anilines is 1. The molecule has 2 atom stereocenters. The van der Waals surface area contributed by atoms with Crippen LogP contribution in [0.25, 0.3) is 11.3 Å². The van der Waals surface area contributed by atoms with Gasteiger partial charge in [-0.3, -0.25) is 19.9 Å². The molecule has 6 N–H and O–H groups in total. The van der Waals surface area contributed by atoms with Gasteiger partial charge >= 0.3 is 5.97 Å². The molecule has 0 saturated carbocycles. The minimum Gasteiger partial charge on any atom is -0.478 e. The summed E-state index contributed by atoms with van der Waals surface area (Å²) in [6, 6.07) is 4.99. The van der Waals surface area contributed by atoms with Crippen molar-refractivity contribution in [1.82, 2.24) is 20.6 Å². The number of aromatic nitrogens is 2. The molecule has 0 aliphatic heterocycles. The van der Waals surface area contributed by atoms with E-state index in [0.717, 1.165) is 6.20 Å². The highest BCUT2D eigenvalue weighted by atomic mass is 35.5. The van der Waals surface area contributed by atoms with E-state index >= 15 is 0 Å². The standard InChI is InChI=1S/C23H23Cl2N5O7/c24-12-1-2-16(25)14(5-12)19-9-29-21(37-19)10-27-18(6-20(33)28-7-13(32)11-31)22(34)30-17-3-4-26-8-15(17)23(35)36/h1-5,8-9,13,18,27,31-32H,6-7,10-11H2,(H,28,33)(H,35,36)(H,26,30,34). The van der Waals surface area contributed by atoms with E-state index in [-0.39, 0.29) is 36.7 Å². The molecule has 0 bridgehead atoms. The number of oxazole rings is 1. The maximum absolute atomic E-state index is 13.0. The number of aromatic carboxylic acids is 1. The minimum absolute atomic E-state index is 0.00980. The first-order chi connectivity index (χ1) is 17.7. The highest BCUT2D eigenvalue weighted by molar-refractivity contribution is 6.35. The van der Waals surface area contributed by atoms with Crippen molar-refractivity contribution in [3.63, 3.8) is 0 Å². The van der Waals surface area contributed by atoms with Crippen LogP contribution in [0, 0.1) is 0 Å². The molecule has 2 unspecified atom stereocenters.